The van der Waals surface area contributed by atoms with Gasteiger partial charge in [0.25, 0.3) is 0 Å². The number of benzene rings is 4. The number of nitrogens with zero attached hydrogens (tertiary/aromatic N) is 1. The SMILES string of the molecule is O=S(=O)(c1ccc(F)cc1F)N(Cc1ccccc1)CC(O)COC(c1ccccc1)c1ccccc1. The highest BCUT2D eigenvalue weighted by Gasteiger charge is 2.30. The number of ether oxygens (including phenoxy) is 1. The maximum Gasteiger partial charge on any atom is 0.246 e. The quantitative estimate of drug-likeness (QED) is 0.289. The maximum atomic E-state index is 14.5. The molecule has 0 fully saturated rings. The number of aliphatic hydroxyl groups excluding tert-OH is 1. The Labute approximate surface area is 215 Å². The van der Waals surface area contributed by atoms with Gasteiger partial charge in [-0.2, -0.15) is 4.31 Å². The fourth-order valence-corrected chi connectivity index (χ4v) is 5.50. The summed E-state index contributed by atoms with van der Waals surface area (Å²) in [4.78, 5) is -0.663. The van der Waals surface area contributed by atoms with Gasteiger partial charge in [0.2, 0.25) is 10.0 Å². The van der Waals surface area contributed by atoms with E-state index in [1.165, 1.54) is 0 Å². The van der Waals surface area contributed by atoms with Gasteiger partial charge in [-0.05, 0) is 28.8 Å². The lowest BCUT2D eigenvalue weighted by molar-refractivity contribution is -0.000794. The van der Waals surface area contributed by atoms with E-state index in [0.717, 1.165) is 27.6 Å². The molecule has 192 valence electrons. The van der Waals surface area contributed by atoms with Gasteiger partial charge in [-0.15, -0.1) is 0 Å². The van der Waals surface area contributed by atoms with Crippen molar-refractivity contribution >= 4 is 10.0 Å². The average Bonchev–Trinajstić information content (AvgIpc) is 2.90. The molecule has 8 heteroatoms. The first-order valence-corrected chi connectivity index (χ1v) is 13.2. The van der Waals surface area contributed by atoms with Gasteiger partial charge in [0.1, 0.15) is 22.6 Å². The summed E-state index contributed by atoms with van der Waals surface area (Å²) in [6.07, 6.45) is -1.71. The zero-order chi connectivity index (χ0) is 26.3. The van der Waals surface area contributed by atoms with Crippen LogP contribution in [0.5, 0.6) is 0 Å². The summed E-state index contributed by atoms with van der Waals surface area (Å²) >= 11 is 0. The molecular formula is C29H27F2NO4S. The summed E-state index contributed by atoms with van der Waals surface area (Å²) in [5.74, 6) is -2.08. The molecule has 1 N–H and O–H groups in total. The highest BCUT2D eigenvalue weighted by molar-refractivity contribution is 7.89. The molecule has 0 spiro atoms. The Balaban J connectivity index is 1.56. The third-order valence-corrected chi connectivity index (χ3v) is 7.63. The Morgan fingerprint density at radius 1 is 0.784 bits per heavy atom. The molecule has 4 aromatic carbocycles. The van der Waals surface area contributed by atoms with E-state index in [0.29, 0.717) is 11.6 Å². The Bertz CT molecular complexity index is 1350. The van der Waals surface area contributed by atoms with E-state index in [1.807, 2.05) is 60.7 Å². The summed E-state index contributed by atoms with van der Waals surface area (Å²) in [5, 5.41) is 10.9. The summed E-state index contributed by atoms with van der Waals surface area (Å²) in [6, 6.07) is 30.0. The fraction of sp³-hybridized carbons (Fsp3) is 0.172. The average molecular weight is 524 g/mol. The lowest BCUT2D eigenvalue weighted by Gasteiger charge is -2.26. The molecule has 0 saturated heterocycles. The van der Waals surface area contributed by atoms with E-state index in [4.69, 9.17) is 4.74 Å². The summed E-state index contributed by atoms with van der Waals surface area (Å²) in [6.45, 7) is -0.649. The van der Waals surface area contributed by atoms with Crippen LogP contribution in [0.1, 0.15) is 22.8 Å². The van der Waals surface area contributed by atoms with Crippen LogP contribution in [0.15, 0.2) is 114 Å². The maximum absolute atomic E-state index is 14.5. The van der Waals surface area contributed by atoms with E-state index in [2.05, 4.69) is 0 Å². The molecule has 0 amide bonds. The third kappa shape index (κ3) is 6.87. The summed E-state index contributed by atoms with van der Waals surface area (Å²) < 4.78 is 61.8. The molecule has 37 heavy (non-hydrogen) atoms. The third-order valence-electron chi connectivity index (χ3n) is 5.79. The number of rotatable bonds is 11. The Morgan fingerprint density at radius 2 is 1.32 bits per heavy atom. The van der Waals surface area contributed by atoms with Crippen LogP contribution in [-0.4, -0.2) is 37.1 Å². The summed E-state index contributed by atoms with van der Waals surface area (Å²) in [5.41, 5.74) is 2.40. The Hall–Kier alpha value is -3.43. The van der Waals surface area contributed by atoms with Crippen molar-refractivity contribution in [3.8, 4) is 0 Å². The Kier molecular flexibility index (Phi) is 8.78. The molecule has 0 aromatic heterocycles. The molecule has 0 aliphatic rings. The lowest BCUT2D eigenvalue weighted by atomic mass is 10.0. The topological polar surface area (TPSA) is 66.8 Å². The van der Waals surface area contributed by atoms with Crippen LogP contribution in [0.4, 0.5) is 8.78 Å². The number of hydrogen-bond donors (Lipinski definition) is 1. The number of hydrogen-bond acceptors (Lipinski definition) is 4. The molecule has 1 atom stereocenters. The Morgan fingerprint density at radius 3 is 1.86 bits per heavy atom. The normalized spacial score (nSPS) is 12.7. The zero-order valence-corrected chi connectivity index (χ0v) is 20.8. The van der Waals surface area contributed by atoms with E-state index < -0.39 is 38.8 Å². The van der Waals surface area contributed by atoms with E-state index >= 15 is 0 Å². The van der Waals surface area contributed by atoms with Gasteiger partial charge in [-0.25, -0.2) is 17.2 Å². The van der Waals surface area contributed by atoms with Gasteiger partial charge in [-0.3, -0.25) is 0 Å². The minimum atomic E-state index is -4.41. The minimum absolute atomic E-state index is 0.113. The molecule has 0 aliphatic heterocycles. The highest BCUT2D eigenvalue weighted by Crippen LogP contribution is 2.27. The first-order valence-electron chi connectivity index (χ1n) is 11.7. The standard InChI is InChI=1S/C29H27F2NO4S/c30-25-16-17-28(27(31)18-25)37(34,35)32(19-22-10-4-1-5-11-22)20-26(33)21-36-29(23-12-6-2-7-13-23)24-14-8-3-9-15-24/h1-18,26,29,33H,19-21H2. The van der Waals surface area contributed by atoms with Crippen molar-refractivity contribution in [1.82, 2.24) is 4.31 Å². The van der Waals surface area contributed by atoms with Crippen LogP contribution in [0.3, 0.4) is 0 Å². The molecule has 0 radical (unpaired) electrons. The number of halogens is 2. The molecular weight excluding hydrogens is 496 g/mol. The van der Waals surface area contributed by atoms with Crippen LogP contribution in [0.2, 0.25) is 0 Å². The molecule has 0 saturated carbocycles. The lowest BCUT2D eigenvalue weighted by Crippen LogP contribution is -2.39. The predicted octanol–water partition coefficient (Wildman–Crippen LogP) is 5.32. The molecule has 4 rings (SSSR count). The van der Waals surface area contributed by atoms with E-state index in [9.17, 15) is 22.3 Å². The van der Waals surface area contributed by atoms with Crippen LogP contribution >= 0.6 is 0 Å². The molecule has 0 heterocycles. The largest absolute Gasteiger partial charge is 0.389 e. The van der Waals surface area contributed by atoms with Crippen molar-refractivity contribution in [2.75, 3.05) is 13.2 Å². The predicted molar refractivity (Wildman–Crippen MR) is 137 cm³/mol. The molecule has 0 aliphatic carbocycles. The van der Waals surface area contributed by atoms with Gasteiger partial charge >= 0.3 is 0 Å². The van der Waals surface area contributed by atoms with Crippen molar-refractivity contribution in [3.05, 3.63) is 138 Å². The second-order valence-corrected chi connectivity index (χ2v) is 10.5. The first kappa shape index (κ1) is 26.6. The number of aliphatic hydroxyl groups is 1. The van der Waals surface area contributed by atoms with Crippen molar-refractivity contribution in [2.45, 2.75) is 23.6 Å². The second kappa shape index (κ2) is 12.2. The van der Waals surface area contributed by atoms with Crippen LogP contribution < -0.4 is 0 Å². The molecule has 1 unspecified atom stereocenters. The molecule has 0 bridgehead atoms. The second-order valence-electron chi connectivity index (χ2n) is 8.55. The van der Waals surface area contributed by atoms with E-state index in [-0.39, 0.29) is 19.7 Å². The van der Waals surface area contributed by atoms with Crippen molar-refractivity contribution in [2.24, 2.45) is 0 Å². The summed E-state index contributed by atoms with van der Waals surface area (Å²) in [7, 11) is -4.41. The monoisotopic (exact) mass is 523 g/mol. The van der Waals surface area contributed by atoms with Crippen LogP contribution in [-0.2, 0) is 21.3 Å². The van der Waals surface area contributed by atoms with Gasteiger partial charge in [0.05, 0.1) is 12.7 Å². The highest BCUT2D eigenvalue weighted by atomic mass is 32.2. The van der Waals surface area contributed by atoms with Crippen LogP contribution in [0, 0.1) is 11.6 Å². The molecule has 5 nitrogen and oxygen atoms in total. The van der Waals surface area contributed by atoms with Gasteiger partial charge in [0, 0.05) is 19.2 Å². The van der Waals surface area contributed by atoms with Crippen molar-refractivity contribution in [3.63, 3.8) is 0 Å². The van der Waals surface area contributed by atoms with Gasteiger partial charge < -0.3 is 9.84 Å². The minimum Gasteiger partial charge on any atom is -0.389 e. The number of sulfonamides is 1. The first-order chi connectivity index (χ1) is 17.8. The fourth-order valence-electron chi connectivity index (χ4n) is 3.99. The molecule has 4 aromatic rings. The van der Waals surface area contributed by atoms with Gasteiger partial charge in [0.15, 0.2) is 0 Å². The van der Waals surface area contributed by atoms with Crippen LogP contribution in [0.25, 0.3) is 0 Å². The van der Waals surface area contributed by atoms with Crippen molar-refractivity contribution in [1.29, 1.82) is 0 Å². The zero-order valence-electron chi connectivity index (χ0n) is 20.0. The van der Waals surface area contributed by atoms with Gasteiger partial charge in [-0.1, -0.05) is 91.0 Å². The van der Waals surface area contributed by atoms with E-state index in [1.54, 1.807) is 30.3 Å². The smallest absolute Gasteiger partial charge is 0.246 e. The van der Waals surface area contributed by atoms with Crippen molar-refractivity contribution < 1.29 is 27.0 Å².